The van der Waals surface area contributed by atoms with Gasteiger partial charge in [0.2, 0.25) is 0 Å². The average molecular weight is 289 g/mol. The number of hydrogen-bond donors (Lipinski definition) is 1. The number of halogens is 1. The Morgan fingerprint density at radius 2 is 2.05 bits per heavy atom. The molecule has 2 fully saturated rings. The summed E-state index contributed by atoms with van der Waals surface area (Å²) in [5.41, 5.74) is 2.08. The second-order valence-corrected chi connectivity index (χ2v) is 6.12. The fraction of sp³-hybridized carbons (Fsp3) is 0.467. The monoisotopic (exact) mass is 288 g/mol. The number of rotatable bonds is 5. The molecule has 0 saturated heterocycles. The summed E-state index contributed by atoms with van der Waals surface area (Å²) in [7, 11) is 0. The molecular formula is C15H17ClN4. The van der Waals surface area contributed by atoms with Crippen LogP contribution in [0.3, 0.4) is 0 Å². The molecule has 20 heavy (non-hydrogen) atoms. The van der Waals surface area contributed by atoms with Gasteiger partial charge in [0.05, 0.1) is 16.4 Å². The Morgan fingerprint density at radius 1 is 1.20 bits per heavy atom. The maximum atomic E-state index is 6.22. The molecule has 0 amide bonds. The Bertz CT molecular complexity index is 629. The molecule has 0 spiro atoms. The minimum atomic E-state index is 0.655. The second-order valence-electron chi connectivity index (χ2n) is 5.71. The minimum Gasteiger partial charge on any atom is -0.308 e. The highest BCUT2D eigenvalue weighted by Crippen LogP contribution is 2.39. The summed E-state index contributed by atoms with van der Waals surface area (Å²) in [4.78, 5) is 4.64. The Balaban J connectivity index is 1.57. The zero-order valence-corrected chi connectivity index (χ0v) is 12.0. The molecule has 0 aromatic carbocycles. The van der Waals surface area contributed by atoms with Crippen molar-refractivity contribution >= 4 is 11.6 Å². The summed E-state index contributed by atoms with van der Waals surface area (Å²) in [5.74, 6) is 1.51. The van der Waals surface area contributed by atoms with E-state index in [1.54, 1.807) is 0 Å². The molecule has 2 aliphatic rings. The van der Waals surface area contributed by atoms with Gasteiger partial charge in [0.25, 0.3) is 0 Å². The van der Waals surface area contributed by atoms with Gasteiger partial charge in [0.15, 0.2) is 5.82 Å². The van der Waals surface area contributed by atoms with E-state index in [0.717, 1.165) is 23.1 Å². The Hall–Kier alpha value is -1.39. The van der Waals surface area contributed by atoms with Gasteiger partial charge in [0, 0.05) is 24.7 Å². The lowest BCUT2D eigenvalue weighted by Crippen LogP contribution is -2.17. The molecule has 0 unspecified atom stereocenters. The van der Waals surface area contributed by atoms with Crippen molar-refractivity contribution in [2.24, 2.45) is 0 Å². The fourth-order valence-corrected chi connectivity index (χ4v) is 2.49. The molecule has 0 atom stereocenters. The summed E-state index contributed by atoms with van der Waals surface area (Å²) in [6.45, 7) is 0.730. The molecule has 4 nitrogen and oxygen atoms in total. The van der Waals surface area contributed by atoms with E-state index < -0.39 is 0 Å². The third kappa shape index (κ3) is 2.58. The van der Waals surface area contributed by atoms with Crippen LogP contribution >= 0.6 is 11.6 Å². The lowest BCUT2D eigenvalue weighted by Gasteiger charge is -2.07. The molecule has 2 aromatic heterocycles. The van der Waals surface area contributed by atoms with E-state index in [4.69, 9.17) is 11.6 Å². The molecule has 104 valence electrons. The molecule has 0 bridgehead atoms. The predicted octanol–water partition coefficient (Wildman–Crippen LogP) is 3.05. The SMILES string of the molecule is Clc1ccc(-n2ccc(C3CC3)n2)nc1CNC1CC1. The zero-order valence-electron chi connectivity index (χ0n) is 11.2. The Kier molecular flexibility index (Phi) is 3.00. The first kappa shape index (κ1) is 12.4. The fourth-order valence-electron chi connectivity index (χ4n) is 2.32. The van der Waals surface area contributed by atoms with Gasteiger partial charge in [0.1, 0.15) is 0 Å². The topological polar surface area (TPSA) is 42.7 Å². The van der Waals surface area contributed by atoms with Crippen molar-refractivity contribution < 1.29 is 0 Å². The molecule has 2 saturated carbocycles. The molecule has 1 N–H and O–H groups in total. The van der Waals surface area contributed by atoms with Crippen LogP contribution in [0.2, 0.25) is 5.02 Å². The van der Waals surface area contributed by atoms with Gasteiger partial charge in [-0.3, -0.25) is 0 Å². The van der Waals surface area contributed by atoms with Crippen LogP contribution in [0.5, 0.6) is 0 Å². The van der Waals surface area contributed by atoms with E-state index in [0.29, 0.717) is 12.0 Å². The van der Waals surface area contributed by atoms with Crippen LogP contribution in [0, 0.1) is 0 Å². The number of nitrogens with one attached hydrogen (secondary N) is 1. The molecule has 2 aromatic rings. The van der Waals surface area contributed by atoms with Crippen molar-refractivity contribution in [1.82, 2.24) is 20.1 Å². The van der Waals surface area contributed by atoms with Gasteiger partial charge in [-0.25, -0.2) is 9.67 Å². The van der Waals surface area contributed by atoms with Gasteiger partial charge < -0.3 is 5.32 Å². The Labute approximate surface area is 123 Å². The van der Waals surface area contributed by atoms with Crippen LogP contribution in [-0.4, -0.2) is 20.8 Å². The largest absolute Gasteiger partial charge is 0.308 e. The van der Waals surface area contributed by atoms with Crippen molar-refractivity contribution in [2.75, 3.05) is 0 Å². The summed E-state index contributed by atoms with van der Waals surface area (Å²) >= 11 is 6.22. The molecule has 5 heteroatoms. The van der Waals surface area contributed by atoms with Crippen LogP contribution in [0.15, 0.2) is 24.4 Å². The van der Waals surface area contributed by atoms with Gasteiger partial charge >= 0.3 is 0 Å². The quantitative estimate of drug-likeness (QED) is 0.919. The number of pyridine rings is 1. The standard InChI is InChI=1S/C15H17ClN4/c16-12-5-6-15(18-14(12)9-17-11-3-4-11)20-8-7-13(19-20)10-1-2-10/h5-8,10-11,17H,1-4,9H2. The van der Waals surface area contributed by atoms with E-state index in [9.17, 15) is 0 Å². The smallest absolute Gasteiger partial charge is 0.153 e. The molecular weight excluding hydrogens is 272 g/mol. The van der Waals surface area contributed by atoms with Gasteiger partial charge in [-0.2, -0.15) is 5.10 Å². The van der Waals surface area contributed by atoms with Crippen molar-refractivity contribution in [2.45, 2.75) is 44.2 Å². The van der Waals surface area contributed by atoms with E-state index >= 15 is 0 Å². The third-order valence-corrected chi connectivity index (χ3v) is 4.22. The first-order chi connectivity index (χ1) is 9.79. The first-order valence-corrected chi connectivity index (χ1v) is 7.62. The van der Waals surface area contributed by atoms with Crippen molar-refractivity contribution in [3.8, 4) is 5.82 Å². The Morgan fingerprint density at radius 3 is 2.80 bits per heavy atom. The van der Waals surface area contributed by atoms with Gasteiger partial charge in [-0.1, -0.05) is 11.6 Å². The zero-order chi connectivity index (χ0) is 13.5. The third-order valence-electron chi connectivity index (χ3n) is 3.88. The summed E-state index contributed by atoms with van der Waals surface area (Å²) in [6, 6.07) is 6.58. The van der Waals surface area contributed by atoms with Crippen LogP contribution in [0.1, 0.15) is 43.0 Å². The minimum absolute atomic E-state index is 0.655. The summed E-state index contributed by atoms with van der Waals surface area (Å²) < 4.78 is 1.85. The van der Waals surface area contributed by atoms with Gasteiger partial charge in [-0.05, 0) is 43.9 Å². The highest BCUT2D eigenvalue weighted by molar-refractivity contribution is 6.31. The summed E-state index contributed by atoms with van der Waals surface area (Å²) in [6.07, 6.45) is 7.05. The van der Waals surface area contributed by atoms with Crippen molar-refractivity contribution in [1.29, 1.82) is 0 Å². The van der Waals surface area contributed by atoms with Crippen LogP contribution in [-0.2, 0) is 6.54 Å². The highest BCUT2D eigenvalue weighted by atomic mass is 35.5. The number of nitrogens with zero attached hydrogens (tertiary/aromatic N) is 3. The lowest BCUT2D eigenvalue weighted by atomic mass is 10.3. The van der Waals surface area contributed by atoms with E-state index in [1.165, 1.54) is 31.4 Å². The van der Waals surface area contributed by atoms with Crippen LogP contribution in [0.4, 0.5) is 0 Å². The predicted molar refractivity (Wildman–Crippen MR) is 78.2 cm³/mol. The summed E-state index contributed by atoms with van der Waals surface area (Å²) in [5, 5.41) is 8.78. The maximum Gasteiger partial charge on any atom is 0.153 e. The molecule has 4 rings (SSSR count). The molecule has 0 radical (unpaired) electrons. The normalized spacial score (nSPS) is 18.4. The highest BCUT2D eigenvalue weighted by Gasteiger charge is 2.26. The number of aromatic nitrogens is 3. The maximum absolute atomic E-state index is 6.22. The van der Waals surface area contributed by atoms with Crippen molar-refractivity contribution in [3.63, 3.8) is 0 Å². The van der Waals surface area contributed by atoms with Gasteiger partial charge in [-0.15, -0.1) is 0 Å². The lowest BCUT2D eigenvalue weighted by molar-refractivity contribution is 0.670. The van der Waals surface area contributed by atoms with E-state index in [-0.39, 0.29) is 0 Å². The molecule has 0 aliphatic heterocycles. The molecule has 2 heterocycles. The van der Waals surface area contributed by atoms with Crippen LogP contribution in [0.25, 0.3) is 5.82 Å². The average Bonchev–Trinajstić information content (AvgIpc) is 3.38. The second kappa shape index (κ2) is 4.86. The molecule has 2 aliphatic carbocycles. The van der Waals surface area contributed by atoms with Crippen LogP contribution < -0.4 is 5.32 Å². The number of hydrogen-bond acceptors (Lipinski definition) is 3. The van der Waals surface area contributed by atoms with Crippen molar-refractivity contribution in [3.05, 3.63) is 40.8 Å². The van der Waals surface area contributed by atoms with E-state index in [1.807, 2.05) is 23.0 Å². The van der Waals surface area contributed by atoms with E-state index in [2.05, 4.69) is 21.5 Å². The first-order valence-electron chi connectivity index (χ1n) is 7.24.